The molecule has 0 aromatic carbocycles. The summed E-state index contributed by atoms with van der Waals surface area (Å²) in [5.41, 5.74) is 0.924. The van der Waals surface area contributed by atoms with Crippen LogP contribution >= 0.6 is 11.6 Å². The summed E-state index contributed by atoms with van der Waals surface area (Å²) in [5, 5.41) is 3.84. The number of hydrogen-bond donors (Lipinski definition) is 1. The molecule has 0 aliphatic carbocycles. The summed E-state index contributed by atoms with van der Waals surface area (Å²) >= 11 is 6.15. The largest absolute Gasteiger partial charge is 0.354 e. The van der Waals surface area contributed by atoms with Crippen LogP contribution in [0, 0.1) is 0 Å². The molecule has 2 heterocycles. The number of nitrogens with one attached hydrogen (secondary N) is 1. The number of rotatable bonds is 4. The maximum absolute atomic E-state index is 6.15. The third-order valence-electron chi connectivity index (χ3n) is 3.62. The predicted molar refractivity (Wildman–Crippen MR) is 80.9 cm³/mol. The molecule has 0 saturated carbocycles. The normalized spacial score (nSPS) is 17.2. The van der Waals surface area contributed by atoms with Crippen molar-refractivity contribution >= 4 is 17.4 Å². The minimum Gasteiger partial charge on any atom is -0.354 e. The van der Waals surface area contributed by atoms with Gasteiger partial charge in [0.2, 0.25) is 0 Å². The second-order valence-electron chi connectivity index (χ2n) is 5.25. The molecule has 1 aliphatic rings. The maximum Gasteiger partial charge on any atom is 0.129 e. The van der Waals surface area contributed by atoms with Crippen LogP contribution < -0.4 is 10.2 Å². The van der Waals surface area contributed by atoms with E-state index >= 15 is 0 Å². The van der Waals surface area contributed by atoms with Gasteiger partial charge in [0.15, 0.2) is 0 Å². The van der Waals surface area contributed by atoms with E-state index in [1.807, 2.05) is 19.2 Å². The minimum atomic E-state index is 0.625. The number of aromatic nitrogens is 1. The minimum absolute atomic E-state index is 0.625. The first kappa shape index (κ1) is 14.6. The van der Waals surface area contributed by atoms with Crippen LogP contribution in [-0.2, 0) is 6.54 Å². The van der Waals surface area contributed by atoms with Gasteiger partial charge < -0.3 is 10.2 Å². The Morgan fingerprint density at radius 1 is 1.26 bits per heavy atom. The van der Waals surface area contributed by atoms with Crippen LogP contribution in [-0.4, -0.2) is 49.2 Å². The van der Waals surface area contributed by atoms with Crippen LogP contribution in [0.2, 0.25) is 5.02 Å². The maximum atomic E-state index is 6.15. The number of piperazine rings is 1. The summed E-state index contributed by atoms with van der Waals surface area (Å²) in [4.78, 5) is 9.51. The Bertz CT molecular complexity index is 414. The molecule has 0 radical (unpaired) electrons. The van der Waals surface area contributed by atoms with Gasteiger partial charge in [-0.15, -0.1) is 0 Å². The second-order valence-corrected chi connectivity index (χ2v) is 5.65. The fraction of sp³-hybridized carbons (Fsp3) is 0.643. The molecule has 1 N–H and O–H groups in total. The molecule has 0 bridgehead atoms. The van der Waals surface area contributed by atoms with E-state index in [1.54, 1.807) is 0 Å². The average molecular weight is 283 g/mol. The highest BCUT2D eigenvalue weighted by atomic mass is 35.5. The highest BCUT2D eigenvalue weighted by Gasteiger charge is 2.20. The molecule has 1 saturated heterocycles. The molecule has 0 atom stereocenters. The van der Waals surface area contributed by atoms with E-state index in [2.05, 4.69) is 33.9 Å². The first-order chi connectivity index (χ1) is 9.11. The molecule has 19 heavy (non-hydrogen) atoms. The quantitative estimate of drug-likeness (QED) is 0.915. The van der Waals surface area contributed by atoms with Crippen LogP contribution in [0.1, 0.15) is 19.5 Å². The molecule has 4 nitrogen and oxygen atoms in total. The van der Waals surface area contributed by atoms with Crippen molar-refractivity contribution in [1.82, 2.24) is 15.2 Å². The highest BCUT2D eigenvalue weighted by Crippen LogP contribution is 2.20. The van der Waals surface area contributed by atoms with Crippen molar-refractivity contribution in [3.05, 3.63) is 22.8 Å². The molecule has 1 aliphatic heterocycles. The fourth-order valence-corrected chi connectivity index (χ4v) is 2.58. The number of hydrogen-bond acceptors (Lipinski definition) is 4. The lowest BCUT2D eigenvalue weighted by Gasteiger charge is -2.37. The molecule has 5 heteroatoms. The summed E-state index contributed by atoms with van der Waals surface area (Å²) in [6.07, 6.45) is 0. The van der Waals surface area contributed by atoms with Crippen molar-refractivity contribution in [3.63, 3.8) is 0 Å². The topological polar surface area (TPSA) is 31.4 Å². The van der Waals surface area contributed by atoms with Gasteiger partial charge in [0.25, 0.3) is 0 Å². The van der Waals surface area contributed by atoms with E-state index in [1.165, 1.54) is 0 Å². The standard InChI is InChI=1S/C14H23ClN4/c1-11(2)18-6-8-19(9-7-18)14-5-4-12(15)13(17-14)10-16-3/h4-5,11,16H,6-10H2,1-3H3. The smallest absolute Gasteiger partial charge is 0.129 e. The fourth-order valence-electron chi connectivity index (χ4n) is 2.41. The van der Waals surface area contributed by atoms with Gasteiger partial charge in [0.1, 0.15) is 5.82 Å². The van der Waals surface area contributed by atoms with Gasteiger partial charge in [0, 0.05) is 38.8 Å². The van der Waals surface area contributed by atoms with E-state index in [4.69, 9.17) is 11.6 Å². The molecular formula is C14H23ClN4. The first-order valence-electron chi connectivity index (χ1n) is 6.91. The Balaban J connectivity index is 2.05. The SMILES string of the molecule is CNCc1nc(N2CCN(C(C)C)CC2)ccc1Cl. The molecule has 106 valence electrons. The molecular weight excluding hydrogens is 260 g/mol. The lowest BCUT2D eigenvalue weighted by molar-refractivity contribution is 0.209. The molecule has 1 fully saturated rings. The third-order valence-corrected chi connectivity index (χ3v) is 3.96. The Morgan fingerprint density at radius 2 is 1.95 bits per heavy atom. The second kappa shape index (κ2) is 6.55. The monoisotopic (exact) mass is 282 g/mol. The van der Waals surface area contributed by atoms with Crippen molar-refractivity contribution in [2.45, 2.75) is 26.4 Å². The van der Waals surface area contributed by atoms with E-state index in [0.29, 0.717) is 12.6 Å². The van der Waals surface area contributed by atoms with Crippen molar-refractivity contribution in [3.8, 4) is 0 Å². The van der Waals surface area contributed by atoms with E-state index in [0.717, 1.165) is 42.7 Å². The summed E-state index contributed by atoms with van der Waals surface area (Å²) in [6.45, 7) is 9.48. The van der Waals surface area contributed by atoms with Gasteiger partial charge >= 0.3 is 0 Å². The van der Waals surface area contributed by atoms with Crippen molar-refractivity contribution in [2.24, 2.45) is 0 Å². The first-order valence-corrected chi connectivity index (χ1v) is 7.28. The van der Waals surface area contributed by atoms with Crippen LogP contribution in [0.15, 0.2) is 12.1 Å². The highest BCUT2D eigenvalue weighted by molar-refractivity contribution is 6.31. The van der Waals surface area contributed by atoms with Gasteiger partial charge in [-0.05, 0) is 33.0 Å². The van der Waals surface area contributed by atoms with Gasteiger partial charge in [-0.1, -0.05) is 11.6 Å². The summed E-state index contributed by atoms with van der Waals surface area (Å²) in [6, 6.07) is 4.60. The lowest BCUT2D eigenvalue weighted by atomic mass is 10.2. The zero-order chi connectivity index (χ0) is 13.8. The van der Waals surface area contributed by atoms with Crippen molar-refractivity contribution < 1.29 is 0 Å². The molecule has 1 aromatic heterocycles. The summed E-state index contributed by atoms with van der Waals surface area (Å²) < 4.78 is 0. The zero-order valence-electron chi connectivity index (χ0n) is 12.0. The summed E-state index contributed by atoms with van der Waals surface area (Å²) in [7, 11) is 1.91. The number of anilines is 1. The zero-order valence-corrected chi connectivity index (χ0v) is 12.7. The Labute approximate surface area is 120 Å². The molecule has 0 amide bonds. The van der Waals surface area contributed by atoms with Gasteiger partial charge in [-0.2, -0.15) is 0 Å². The van der Waals surface area contributed by atoms with E-state index in [9.17, 15) is 0 Å². The van der Waals surface area contributed by atoms with E-state index < -0.39 is 0 Å². The number of halogens is 1. The molecule has 1 aromatic rings. The van der Waals surface area contributed by atoms with Crippen LogP contribution in [0.3, 0.4) is 0 Å². The molecule has 0 spiro atoms. The average Bonchev–Trinajstić information content (AvgIpc) is 2.41. The van der Waals surface area contributed by atoms with Gasteiger partial charge in [-0.25, -0.2) is 4.98 Å². The van der Waals surface area contributed by atoms with E-state index in [-0.39, 0.29) is 0 Å². The van der Waals surface area contributed by atoms with Gasteiger partial charge in [0.05, 0.1) is 10.7 Å². The predicted octanol–water partition coefficient (Wildman–Crippen LogP) is 1.98. The van der Waals surface area contributed by atoms with Crippen LogP contribution in [0.5, 0.6) is 0 Å². The lowest BCUT2D eigenvalue weighted by Crippen LogP contribution is -2.49. The van der Waals surface area contributed by atoms with Gasteiger partial charge in [-0.3, -0.25) is 4.90 Å². The third kappa shape index (κ3) is 3.59. The molecule has 0 unspecified atom stereocenters. The van der Waals surface area contributed by atoms with Crippen LogP contribution in [0.4, 0.5) is 5.82 Å². The Hall–Kier alpha value is -0.840. The van der Waals surface area contributed by atoms with Crippen LogP contribution in [0.25, 0.3) is 0 Å². The van der Waals surface area contributed by atoms with Crippen molar-refractivity contribution in [2.75, 3.05) is 38.1 Å². The van der Waals surface area contributed by atoms with Crippen molar-refractivity contribution in [1.29, 1.82) is 0 Å². The summed E-state index contributed by atoms with van der Waals surface area (Å²) in [5.74, 6) is 1.04. The number of nitrogens with zero attached hydrogens (tertiary/aromatic N) is 3. The molecule has 2 rings (SSSR count). The number of pyridine rings is 1. The Kier molecular flexibility index (Phi) is 5.02. The Morgan fingerprint density at radius 3 is 2.53 bits per heavy atom.